The summed E-state index contributed by atoms with van der Waals surface area (Å²) >= 11 is 0. The molecule has 12 aliphatic heterocycles. The van der Waals surface area contributed by atoms with E-state index in [1.165, 1.54) is 57.2 Å². The quantitative estimate of drug-likeness (QED) is 0.0400. The van der Waals surface area contributed by atoms with Crippen LogP contribution < -0.4 is 67.1 Å². The van der Waals surface area contributed by atoms with Crippen LogP contribution in [0.4, 0.5) is 0 Å². The van der Waals surface area contributed by atoms with Crippen molar-refractivity contribution in [3.05, 3.63) is 166 Å². The normalized spacial score (nSPS) is 36.2. The molecule has 12 aliphatic rings. The predicted octanol–water partition coefficient (Wildman–Crippen LogP) is -6.50. The van der Waals surface area contributed by atoms with Crippen molar-refractivity contribution in [1.29, 1.82) is 0 Å². The molecule has 147 heavy (non-hydrogen) atoms. The molecule has 6 amide bonds. The van der Waals surface area contributed by atoms with Gasteiger partial charge in [0.25, 0.3) is 0 Å². The first kappa shape index (κ1) is 106. The SMILES string of the molecule is COC(=O)C1NC(=O)C2NC(=O)C(NC(=O)C3NC(=O)C4NC(=O)C(NC(=O)C(N)c5cccc(O)c5Oc5cc4cc(O)c5C)C(O)c4ccc(cc4)Oc4cc3cc(c4OC3OC(COC4OC(C)C(O)C(O)C4O)C(O)C(O)C3OC3OC(CO)C(O)C(O)C3OC3OCC(O)C(O)C3O)Oc3ccc(cc3)C2OC2CC(N)C(O)C(C)O2)c2ccc(O)c(c2)-c2c(OC3OC(CO)C(O)C(O)C3O)cc(O)cc21. The van der Waals surface area contributed by atoms with Crippen LogP contribution in [0.25, 0.3) is 11.1 Å². The van der Waals surface area contributed by atoms with Crippen molar-refractivity contribution < 1.29 is 217 Å². The summed E-state index contributed by atoms with van der Waals surface area (Å²) in [7, 11) is 0.873. The first-order valence-corrected chi connectivity index (χ1v) is 46.4. The van der Waals surface area contributed by atoms with Gasteiger partial charge < -0.3 is 226 Å². The maximum atomic E-state index is 17.3. The highest BCUT2D eigenvalue weighted by molar-refractivity contribution is 6.00. The van der Waals surface area contributed by atoms with Crippen LogP contribution in [0.3, 0.4) is 0 Å². The van der Waals surface area contributed by atoms with Gasteiger partial charge in [0.15, 0.2) is 60.3 Å². The van der Waals surface area contributed by atoms with Gasteiger partial charge in [-0.25, -0.2) is 4.79 Å². The van der Waals surface area contributed by atoms with E-state index in [1.807, 2.05) is 0 Å². The fourth-order valence-corrected chi connectivity index (χ4v) is 18.7. The maximum Gasteiger partial charge on any atom is 0.333 e. The van der Waals surface area contributed by atoms with Crippen molar-refractivity contribution in [3.63, 3.8) is 0 Å². The number of benzene rings is 7. The summed E-state index contributed by atoms with van der Waals surface area (Å²) < 4.78 is 99.8. The summed E-state index contributed by atoms with van der Waals surface area (Å²) in [5, 5.41) is 257. The van der Waals surface area contributed by atoms with Crippen LogP contribution in [-0.2, 0) is 85.7 Å². The van der Waals surface area contributed by atoms with Crippen molar-refractivity contribution in [3.8, 4) is 80.1 Å². The van der Waals surface area contributed by atoms with Crippen LogP contribution in [0, 0.1) is 6.92 Å². The number of aliphatic hydroxyl groups excluding tert-OH is 17. The van der Waals surface area contributed by atoms with Crippen LogP contribution in [-0.4, -0.2) is 366 Å². The molecule has 0 aliphatic carbocycles. The Morgan fingerprint density at radius 3 is 1.63 bits per heavy atom. The molecule has 37 unspecified atom stereocenters. The number of hydrogen-bond donors (Lipinski definition) is 29. The van der Waals surface area contributed by atoms with Crippen molar-refractivity contribution in [2.45, 2.75) is 254 Å². The molecule has 0 saturated carbocycles. The Balaban J connectivity index is 0.908. The number of esters is 1. The minimum Gasteiger partial charge on any atom is -0.508 e. The number of phenols is 4. The lowest BCUT2D eigenvalue weighted by molar-refractivity contribution is -0.385. The van der Waals surface area contributed by atoms with Crippen LogP contribution in [0.2, 0.25) is 0 Å². The molecule has 52 heteroatoms. The number of para-hydroxylation sites is 1. The minimum absolute atomic E-state index is 0.138. The largest absolute Gasteiger partial charge is 0.508 e. The zero-order valence-corrected chi connectivity index (χ0v) is 77.9. The van der Waals surface area contributed by atoms with Gasteiger partial charge >= 0.3 is 5.97 Å². The van der Waals surface area contributed by atoms with Gasteiger partial charge in [0.1, 0.15) is 192 Å². The van der Waals surface area contributed by atoms with Crippen molar-refractivity contribution in [2.24, 2.45) is 11.5 Å². The number of aromatic hydroxyl groups is 4. The number of ether oxygens (including phenoxy) is 16. The van der Waals surface area contributed by atoms with Gasteiger partial charge in [0, 0.05) is 46.3 Å². The number of carbonyl (C=O) groups excluding carboxylic acids is 7. The Kier molecular flexibility index (Phi) is 31.5. The standard InChI is InChI=1S/C95H110N8O44/c1-30-47(109)19-36-20-49(30)139-80-41(6-5-7-46(80)108)58(97)84(125)102-63-67(113)33-8-13-39(14-9-33)137-51-21-37-22-52(81(51)145-95-83(75(121)71(117)55(143-95)29-134-91-77(123)72(118)66(112)32(3)136-91)147-94-82(74(120)70(116)54(27-105)142-94)146-92-76(122)68(114)48(110)28-133-92)138-40-15-10-34(11-16-40)79(144-56-25-44(96)65(111)31(2)135-56)64-89(130)101-62(90(131)132-4)43-23-38(106)24-50(140-93-78(124)73(119)69(115)53(26-104)141-93)57(43)42-18-35(12-17-45(42)107)59(85(126)103-64)98-87(128)61(37)99-86(127)60(36)100-88(63)129/h5-24,31-32,44,48,53-56,58-79,82-83,91-95,104-124H,25-29,96-97H2,1-4H3,(H,98,128)(H,99,127)(H,100,129)(H,101,130)(H,102,125)(H,103,126). The molecule has 19 rings (SSSR count). The Morgan fingerprint density at radius 1 is 0.442 bits per heavy atom. The highest BCUT2D eigenvalue weighted by atomic mass is 16.8. The summed E-state index contributed by atoms with van der Waals surface area (Å²) in [6.45, 7) is 0.129. The number of methoxy groups -OCH3 is 1. The average molecular weight is 2070 g/mol. The molecule has 6 saturated heterocycles. The molecule has 0 radical (unpaired) electrons. The molecule has 31 N–H and O–H groups in total. The lowest BCUT2D eigenvalue weighted by atomic mass is 9.89. The van der Waals surface area contributed by atoms with Gasteiger partial charge in [0.2, 0.25) is 53.8 Å². The van der Waals surface area contributed by atoms with E-state index in [9.17, 15) is 117 Å². The molecule has 0 spiro atoms. The molecule has 52 nitrogen and oxygen atoms in total. The molecule has 7 aromatic rings. The molecule has 794 valence electrons. The number of amides is 6. The zero-order valence-electron chi connectivity index (χ0n) is 77.9. The van der Waals surface area contributed by atoms with Gasteiger partial charge in [-0.1, -0.05) is 42.5 Å². The van der Waals surface area contributed by atoms with Crippen LogP contribution in [0.1, 0.15) is 107 Å². The first-order valence-electron chi connectivity index (χ1n) is 46.4. The summed E-state index contributed by atoms with van der Waals surface area (Å²) in [6, 6.07) is 4.27. The number of aliphatic hydroxyl groups is 17. The second kappa shape index (κ2) is 43.6. The van der Waals surface area contributed by atoms with Gasteiger partial charge in [0.05, 0.1) is 51.8 Å². The average Bonchev–Trinajstić information content (AvgIpc) is 1.53. The van der Waals surface area contributed by atoms with E-state index in [-0.39, 0.29) is 33.8 Å². The Morgan fingerprint density at radius 2 is 0.980 bits per heavy atom. The van der Waals surface area contributed by atoms with Crippen molar-refractivity contribution in [2.75, 3.05) is 33.5 Å². The Hall–Kier alpha value is -12.1. The molecule has 6 fully saturated rings. The third-order valence-electron chi connectivity index (χ3n) is 27.1. The molecular formula is C95H110N8O44. The number of fused-ring (bicyclic) bond motifs is 13. The first-order chi connectivity index (χ1) is 70.0. The van der Waals surface area contributed by atoms with E-state index in [0.29, 0.717) is 0 Å². The van der Waals surface area contributed by atoms with Crippen molar-refractivity contribution in [1.82, 2.24) is 31.9 Å². The summed E-state index contributed by atoms with van der Waals surface area (Å²) in [5.74, 6) is -18.0. The van der Waals surface area contributed by atoms with Crippen LogP contribution >= 0.6 is 0 Å². The molecule has 37 atom stereocenters. The van der Waals surface area contributed by atoms with E-state index in [2.05, 4.69) is 31.9 Å². The highest BCUT2D eigenvalue weighted by Crippen LogP contribution is 2.52. The molecular weight excluding hydrogens is 1960 g/mol. The van der Waals surface area contributed by atoms with Gasteiger partial charge in [-0.3, -0.25) is 28.8 Å². The number of carbonyl (C=O) groups is 7. The van der Waals surface area contributed by atoms with E-state index in [0.717, 1.165) is 92.0 Å². The maximum absolute atomic E-state index is 17.3. The Labute approximate surface area is 831 Å². The van der Waals surface area contributed by atoms with E-state index >= 15 is 24.0 Å². The van der Waals surface area contributed by atoms with Gasteiger partial charge in [-0.15, -0.1) is 0 Å². The van der Waals surface area contributed by atoms with E-state index < -0.39 is 392 Å². The number of nitrogens with one attached hydrogen (secondary N) is 6. The smallest absolute Gasteiger partial charge is 0.333 e. The zero-order chi connectivity index (χ0) is 105. The topological polar surface area (TPSA) is 816 Å². The lowest BCUT2D eigenvalue weighted by Crippen LogP contribution is -2.67. The highest BCUT2D eigenvalue weighted by Gasteiger charge is 2.57. The third kappa shape index (κ3) is 21.3. The monoisotopic (exact) mass is 2070 g/mol. The molecule has 0 aromatic heterocycles. The number of hydrogen-bond acceptors (Lipinski definition) is 46. The van der Waals surface area contributed by atoms with Gasteiger partial charge in [-0.05, 0) is 121 Å². The second-order valence-corrected chi connectivity index (χ2v) is 36.9. The molecule has 12 heterocycles. The van der Waals surface area contributed by atoms with Crippen LogP contribution in [0.15, 0.2) is 121 Å². The number of rotatable bonds is 16. The van der Waals surface area contributed by atoms with Crippen LogP contribution in [0.5, 0.6) is 69.0 Å². The van der Waals surface area contributed by atoms with E-state index in [1.54, 1.807) is 0 Å². The molecule has 15 bridgehead atoms. The second-order valence-electron chi connectivity index (χ2n) is 36.9. The number of nitrogens with two attached hydrogens (primary N) is 2. The minimum atomic E-state index is -2.60. The Bertz CT molecular complexity index is 6010. The molecule has 7 aromatic carbocycles. The fraction of sp³-hybridized carbons (Fsp3) is 0.484. The lowest BCUT2D eigenvalue weighted by Gasteiger charge is -2.48. The van der Waals surface area contributed by atoms with Crippen molar-refractivity contribution >= 4 is 41.4 Å². The third-order valence-corrected chi connectivity index (χ3v) is 27.1. The predicted molar refractivity (Wildman–Crippen MR) is 483 cm³/mol. The summed E-state index contributed by atoms with van der Waals surface area (Å²) in [6.07, 6.45) is -58.6. The number of phenolic OH excluding ortho intramolecular Hbond substituents is 4. The van der Waals surface area contributed by atoms with E-state index in [4.69, 9.17) is 87.3 Å². The summed E-state index contributed by atoms with van der Waals surface area (Å²) in [5.41, 5.74) is 9.06. The summed E-state index contributed by atoms with van der Waals surface area (Å²) in [4.78, 5) is 113. The van der Waals surface area contributed by atoms with Gasteiger partial charge in [-0.2, -0.15) is 0 Å². The fourth-order valence-electron chi connectivity index (χ4n) is 18.7.